The van der Waals surface area contributed by atoms with Crippen LogP contribution in [0.1, 0.15) is 47.3 Å². The van der Waals surface area contributed by atoms with Gasteiger partial charge in [-0.05, 0) is 39.5 Å². The Labute approximate surface area is 95.2 Å². The lowest BCUT2D eigenvalue weighted by molar-refractivity contribution is 0.650. The highest BCUT2D eigenvalue weighted by molar-refractivity contribution is 7.11. The second-order valence-electron chi connectivity index (χ2n) is 4.19. The topological polar surface area (TPSA) is 38.9 Å². The van der Waals surface area contributed by atoms with Crippen molar-refractivity contribution < 1.29 is 0 Å². The molecule has 0 aliphatic heterocycles. The van der Waals surface area contributed by atoms with Crippen molar-refractivity contribution >= 4 is 11.3 Å². The number of aryl methyl sites for hydroxylation is 2. The minimum atomic E-state index is 0.0940. The van der Waals surface area contributed by atoms with Gasteiger partial charge in [-0.2, -0.15) is 0 Å². The van der Waals surface area contributed by atoms with E-state index in [1.165, 1.54) is 29.7 Å². The number of hydrogen-bond acceptors (Lipinski definition) is 3. The van der Waals surface area contributed by atoms with Crippen molar-refractivity contribution in [2.75, 3.05) is 0 Å². The van der Waals surface area contributed by atoms with E-state index in [1.807, 2.05) is 6.92 Å². The number of rotatable bonds is 2. The molecule has 0 radical (unpaired) electrons. The first-order valence-corrected chi connectivity index (χ1v) is 6.38. The van der Waals surface area contributed by atoms with Crippen molar-refractivity contribution in [1.29, 1.82) is 0 Å². The summed E-state index contributed by atoms with van der Waals surface area (Å²) >= 11 is 1.74. The molecular formula is C12H18N2S. The fourth-order valence-electron chi connectivity index (χ4n) is 2.15. The Morgan fingerprint density at radius 3 is 2.73 bits per heavy atom. The zero-order valence-electron chi connectivity index (χ0n) is 9.42. The molecule has 0 spiro atoms. The van der Waals surface area contributed by atoms with Gasteiger partial charge in [-0.1, -0.05) is 11.6 Å². The number of nitrogens with zero attached hydrogens (tertiary/aromatic N) is 1. The molecule has 1 aliphatic rings. The van der Waals surface area contributed by atoms with E-state index in [4.69, 9.17) is 5.73 Å². The zero-order valence-corrected chi connectivity index (χ0v) is 10.2. The first kappa shape index (κ1) is 10.8. The Morgan fingerprint density at radius 1 is 1.40 bits per heavy atom. The molecule has 1 unspecified atom stereocenters. The van der Waals surface area contributed by atoms with Crippen LogP contribution < -0.4 is 5.73 Å². The first-order chi connectivity index (χ1) is 7.18. The molecular weight excluding hydrogens is 204 g/mol. The summed E-state index contributed by atoms with van der Waals surface area (Å²) in [4.78, 5) is 5.69. The van der Waals surface area contributed by atoms with E-state index in [1.54, 1.807) is 11.3 Å². The molecule has 82 valence electrons. The van der Waals surface area contributed by atoms with Gasteiger partial charge in [-0.15, -0.1) is 11.3 Å². The second kappa shape index (κ2) is 4.45. The van der Waals surface area contributed by atoms with Crippen LogP contribution in [-0.4, -0.2) is 4.98 Å². The molecule has 0 amide bonds. The molecule has 1 aliphatic carbocycles. The number of nitrogens with two attached hydrogens (primary N) is 1. The molecule has 0 saturated carbocycles. The summed E-state index contributed by atoms with van der Waals surface area (Å²) in [6.07, 6.45) is 7.29. The van der Waals surface area contributed by atoms with E-state index in [0.717, 1.165) is 17.1 Å². The van der Waals surface area contributed by atoms with Crippen LogP contribution in [0, 0.1) is 13.8 Å². The number of aromatic nitrogens is 1. The summed E-state index contributed by atoms with van der Waals surface area (Å²) in [6.45, 7) is 4.10. The second-order valence-corrected chi connectivity index (χ2v) is 5.42. The lowest BCUT2D eigenvalue weighted by Gasteiger charge is -2.18. The molecule has 0 saturated heterocycles. The maximum atomic E-state index is 6.29. The van der Waals surface area contributed by atoms with Gasteiger partial charge in [0, 0.05) is 4.88 Å². The van der Waals surface area contributed by atoms with E-state index in [-0.39, 0.29) is 6.04 Å². The molecule has 1 aromatic rings. The van der Waals surface area contributed by atoms with Crippen LogP contribution in [0.5, 0.6) is 0 Å². The lowest BCUT2D eigenvalue weighted by Crippen LogP contribution is -2.14. The summed E-state index contributed by atoms with van der Waals surface area (Å²) in [5, 5.41) is 1.12. The fraction of sp³-hybridized carbons (Fsp3) is 0.583. The smallest absolute Gasteiger partial charge is 0.0900 e. The van der Waals surface area contributed by atoms with Gasteiger partial charge in [0.15, 0.2) is 0 Å². The normalized spacial score (nSPS) is 18.7. The Morgan fingerprint density at radius 2 is 2.20 bits per heavy atom. The van der Waals surface area contributed by atoms with Crippen molar-refractivity contribution in [3.05, 3.63) is 27.2 Å². The van der Waals surface area contributed by atoms with Gasteiger partial charge in [-0.3, -0.25) is 0 Å². The molecule has 1 heterocycles. The van der Waals surface area contributed by atoms with Crippen LogP contribution >= 0.6 is 11.3 Å². The molecule has 0 fully saturated rings. The maximum absolute atomic E-state index is 6.29. The quantitative estimate of drug-likeness (QED) is 0.780. The standard InChI is InChI=1S/C12H18N2S/c1-8-12(15-9(2)14-8)11(13)10-6-4-3-5-7-10/h6,11H,3-5,7,13H2,1-2H3. The van der Waals surface area contributed by atoms with Gasteiger partial charge in [0.05, 0.1) is 16.7 Å². The Kier molecular flexibility index (Phi) is 3.22. The highest BCUT2D eigenvalue weighted by atomic mass is 32.1. The zero-order chi connectivity index (χ0) is 10.8. The third-order valence-electron chi connectivity index (χ3n) is 2.95. The summed E-state index contributed by atoms with van der Waals surface area (Å²) in [7, 11) is 0. The molecule has 0 bridgehead atoms. The predicted octanol–water partition coefficient (Wildman–Crippen LogP) is 3.26. The van der Waals surface area contributed by atoms with Gasteiger partial charge in [0.1, 0.15) is 0 Å². The average Bonchev–Trinajstić information content (AvgIpc) is 2.58. The molecule has 15 heavy (non-hydrogen) atoms. The van der Waals surface area contributed by atoms with Gasteiger partial charge in [-0.25, -0.2) is 4.98 Å². The third-order valence-corrected chi connectivity index (χ3v) is 4.10. The van der Waals surface area contributed by atoms with Gasteiger partial charge >= 0.3 is 0 Å². The number of hydrogen-bond donors (Lipinski definition) is 1. The monoisotopic (exact) mass is 222 g/mol. The molecule has 0 aromatic carbocycles. The van der Waals surface area contributed by atoms with E-state index in [9.17, 15) is 0 Å². The minimum absolute atomic E-state index is 0.0940. The van der Waals surface area contributed by atoms with E-state index in [2.05, 4.69) is 18.0 Å². The van der Waals surface area contributed by atoms with Gasteiger partial charge in [0.25, 0.3) is 0 Å². The Balaban J connectivity index is 2.23. The van der Waals surface area contributed by atoms with Gasteiger partial charge in [0.2, 0.25) is 0 Å². The Bertz CT molecular complexity index is 379. The highest BCUT2D eigenvalue weighted by Crippen LogP contribution is 2.32. The molecule has 2 rings (SSSR count). The summed E-state index contributed by atoms with van der Waals surface area (Å²) in [5.74, 6) is 0. The number of allylic oxidation sites excluding steroid dienone is 1. The average molecular weight is 222 g/mol. The van der Waals surface area contributed by atoms with Crippen molar-refractivity contribution in [1.82, 2.24) is 4.98 Å². The molecule has 3 heteroatoms. The van der Waals surface area contributed by atoms with Crippen molar-refractivity contribution in [3.8, 4) is 0 Å². The third kappa shape index (κ3) is 2.29. The lowest BCUT2D eigenvalue weighted by atomic mass is 9.93. The molecule has 1 atom stereocenters. The van der Waals surface area contributed by atoms with Crippen molar-refractivity contribution in [2.45, 2.75) is 45.6 Å². The largest absolute Gasteiger partial charge is 0.320 e. The van der Waals surface area contributed by atoms with E-state index in [0.29, 0.717) is 0 Å². The van der Waals surface area contributed by atoms with Crippen molar-refractivity contribution in [3.63, 3.8) is 0 Å². The van der Waals surface area contributed by atoms with Crippen LogP contribution in [-0.2, 0) is 0 Å². The SMILES string of the molecule is Cc1nc(C)c(C(N)C2=CCCCC2)s1. The van der Waals surface area contributed by atoms with Gasteiger partial charge < -0.3 is 5.73 Å². The highest BCUT2D eigenvalue weighted by Gasteiger charge is 2.18. The number of thiazole rings is 1. The minimum Gasteiger partial charge on any atom is -0.320 e. The summed E-state index contributed by atoms with van der Waals surface area (Å²) < 4.78 is 0. The molecule has 2 nitrogen and oxygen atoms in total. The predicted molar refractivity (Wildman–Crippen MR) is 65.1 cm³/mol. The van der Waals surface area contributed by atoms with Crippen LogP contribution in [0.2, 0.25) is 0 Å². The first-order valence-electron chi connectivity index (χ1n) is 5.57. The van der Waals surface area contributed by atoms with Crippen LogP contribution in [0.4, 0.5) is 0 Å². The maximum Gasteiger partial charge on any atom is 0.0900 e. The summed E-state index contributed by atoms with van der Waals surface area (Å²) in [5.41, 5.74) is 8.80. The molecule has 2 N–H and O–H groups in total. The summed E-state index contributed by atoms with van der Waals surface area (Å²) in [6, 6.07) is 0.0940. The van der Waals surface area contributed by atoms with Crippen molar-refractivity contribution in [2.24, 2.45) is 5.73 Å². The van der Waals surface area contributed by atoms with E-state index >= 15 is 0 Å². The van der Waals surface area contributed by atoms with Crippen LogP contribution in [0.25, 0.3) is 0 Å². The Hall–Kier alpha value is -0.670. The van der Waals surface area contributed by atoms with Crippen LogP contribution in [0.15, 0.2) is 11.6 Å². The van der Waals surface area contributed by atoms with E-state index < -0.39 is 0 Å². The fourth-order valence-corrected chi connectivity index (χ4v) is 3.12. The molecule has 1 aromatic heterocycles. The van der Waals surface area contributed by atoms with Crippen LogP contribution in [0.3, 0.4) is 0 Å².